The molecule has 0 radical (unpaired) electrons. The predicted octanol–water partition coefficient (Wildman–Crippen LogP) is 1.25. The van der Waals surface area contributed by atoms with E-state index in [0.29, 0.717) is 5.02 Å². The first-order valence-electron chi connectivity index (χ1n) is 4.15. The summed E-state index contributed by atoms with van der Waals surface area (Å²) in [5, 5.41) is 9.13. The van der Waals surface area contributed by atoms with Gasteiger partial charge >= 0.3 is 5.97 Å². The van der Waals surface area contributed by atoms with E-state index < -0.39 is 5.97 Å². The summed E-state index contributed by atoms with van der Waals surface area (Å²) in [6, 6.07) is 1.69. The topological polar surface area (TPSA) is 76.2 Å². The van der Waals surface area contributed by atoms with Crippen LogP contribution in [-0.2, 0) is 4.79 Å². The van der Waals surface area contributed by atoms with Crippen molar-refractivity contribution in [1.82, 2.24) is 4.98 Å². The van der Waals surface area contributed by atoms with Crippen molar-refractivity contribution in [1.29, 1.82) is 0 Å². The van der Waals surface area contributed by atoms with Gasteiger partial charge in [-0.25, -0.2) is 0 Å². The number of pyridine rings is 1. The molecular weight excluding hydrogens is 204 g/mol. The third-order valence-corrected chi connectivity index (χ3v) is 2.11. The Morgan fingerprint density at radius 1 is 1.64 bits per heavy atom. The standard InChI is InChI=1S/C9H11ClN2O2/c10-8-1-7(4-12-5-8)6(3-11)2-9(13)14/h1,4-6H,2-3,11H2,(H,13,14). The number of nitrogens with two attached hydrogens (primary N) is 1. The van der Waals surface area contributed by atoms with Gasteiger partial charge in [0.25, 0.3) is 0 Å². The van der Waals surface area contributed by atoms with Crippen molar-refractivity contribution in [2.24, 2.45) is 5.73 Å². The Kier molecular flexibility index (Phi) is 3.85. The molecule has 0 aromatic carbocycles. The maximum atomic E-state index is 10.5. The van der Waals surface area contributed by atoms with E-state index >= 15 is 0 Å². The molecule has 0 saturated carbocycles. The molecule has 1 rings (SSSR count). The van der Waals surface area contributed by atoms with Gasteiger partial charge in [-0.05, 0) is 18.2 Å². The third kappa shape index (κ3) is 2.97. The molecule has 1 heterocycles. The van der Waals surface area contributed by atoms with Crippen LogP contribution in [0.25, 0.3) is 0 Å². The molecule has 4 nitrogen and oxygen atoms in total. The highest BCUT2D eigenvalue weighted by Gasteiger charge is 2.14. The Labute approximate surface area is 86.7 Å². The maximum absolute atomic E-state index is 10.5. The van der Waals surface area contributed by atoms with E-state index in [0.717, 1.165) is 5.56 Å². The number of nitrogens with zero attached hydrogens (tertiary/aromatic N) is 1. The number of hydrogen-bond donors (Lipinski definition) is 2. The number of aromatic nitrogens is 1. The quantitative estimate of drug-likeness (QED) is 0.791. The highest BCUT2D eigenvalue weighted by atomic mass is 35.5. The third-order valence-electron chi connectivity index (χ3n) is 1.90. The van der Waals surface area contributed by atoms with Crippen LogP contribution < -0.4 is 5.73 Å². The normalized spacial score (nSPS) is 12.4. The fourth-order valence-electron chi connectivity index (χ4n) is 1.20. The molecule has 0 saturated heterocycles. The van der Waals surface area contributed by atoms with Crippen LogP contribution >= 0.6 is 11.6 Å². The molecule has 1 aromatic heterocycles. The van der Waals surface area contributed by atoms with Crippen LogP contribution in [0.3, 0.4) is 0 Å². The number of halogens is 1. The summed E-state index contributed by atoms with van der Waals surface area (Å²) in [5.41, 5.74) is 6.24. The largest absolute Gasteiger partial charge is 0.481 e. The van der Waals surface area contributed by atoms with E-state index in [1.807, 2.05) is 0 Å². The Balaban J connectivity index is 2.83. The maximum Gasteiger partial charge on any atom is 0.304 e. The van der Waals surface area contributed by atoms with Gasteiger partial charge in [0.2, 0.25) is 0 Å². The van der Waals surface area contributed by atoms with Crippen LogP contribution in [0.4, 0.5) is 0 Å². The molecule has 14 heavy (non-hydrogen) atoms. The Bertz CT molecular complexity index is 330. The van der Waals surface area contributed by atoms with Crippen molar-refractivity contribution in [3.63, 3.8) is 0 Å². The highest BCUT2D eigenvalue weighted by molar-refractivity contribution is 6.30. The molecule has 0 aliphatic carbocycles. The molecule has 0 bridgehead atoms. The fraction of sp³-hybridized carbons (Fsp3) is 0.333. The van der Waals surface area contributed by atoms with E-state index in [9.17, 15) is 4.79 Å². The first kappa shape index (κ1) is 10.9. The summed E-state index contributed by atoms with van der Waals surface area (Å²) in [6.45, 7) is 0.272. The Morgan fingerprint density at radius 2 is 2.36 bits per heavy atom. The Hall–Kier alpha value is -1.13. The Morgan fingerprint density at radius 3 is 2.86 bits per heavy atom. The zero-order valence-electron chi connectivity index (χ0n) is 7.48. The van der Waals surface area contributed by atoms with Crippen molar-refractivity contribution >= 4 is 17.6 Å². The van der Waals surface area contributed by atoms with E-state index in [2.05, 4.69) is 4.98 Å². The number of rotatable bonds is 4. The average molecular weight is 215 g/mol. The second-order valence-corrected chi connectivity index (χ2v) is 3.40. The van der Waals surface area contributed by atoms with Gasteiger partial charge < -0.3 is 10.8 Å². The zero-order chi connectivity index (χ0) is 10.6. The number of carbonyl (C=O) groups is 1. The van der Waals surface area contributed by atoms with Crippen molar-refractivity contribution in [2.75, 3.05) is 6.54 Å². The molecule has 1 aromatic rings. The number of carboxylic acid groups (broad SMARTS) is 1. The minimum Gasteiger partial charge on any atom is -0.481 e. The molecule has 1 unspecified atom stereocenters. The van der Waals surface area contributed by atoms with Gasteiger partial charge in [0.1, 0.15) is 0 Å². The van der Waals surface area contributed by atoms with Crippen LogP contribution in [-0.4, -0.2) is 22.6 Å². The lowest BCUT2D eigenvalue weighted by Gasteiger charge is -2.11. The average Bonchev–Trinajstić information content (AvgIpc) is 2.14. The first-order valence-corrected chi connectivity index (χ1v) is 4.53. The second-order valence-electron chi connectivity index (χ2n) is 2.97. The van der Waals surface area contributed by atoms with E-state index in [4.69, 9.17) is 22.4 Å². The zero-order valence-corrected chi connectivity index (χ0v) is 8.24. The van der Waals surface area contributed by atoms with E-state index in [1.54, 1.807) is 12.3 Å². The summed E-state index contributed by atoms with van der Waals surface area (Å²) < 4.78 is 0. The minimum absolute atomic E-state index is 0.00147. The first-order chi connectivity index (χ1) is 6.63. The van der Waals surface area contributed by atoms with Crippen LogP contribution in [0.1, 0.15) is 17.9 Å². The summed E-state index contributed by atoms with van der Waals surface area (Å²) in [7, 11) is 0. The molecule has 3 N–H and O–H groups in total. The lowest BCUT2D eigenvalue weighted by molar-refractivity contribution is -0.137. The summed E-state index contributed by atoms with van der Waals surface area (Å²) in [6.07, 6.45) is 3.09. The summed E-state index contributed by atoms with van der Waals surface area (Å²) in [4.78, 5) is 14.4. The van der Waals surface area contributed by atoms with Crippen molar-refractivity contribution in [3.05, 3.63) is 29.0 Å². The smallest absolute Gasteiger partial charge is 0.304 e. The predicted molar refractivity (Wildman–Crippen MR) is 53.3 cm³/mol. The van der Waals surface area contributed by atoms with E-state index in [1.165, 1.54) is 6.20 Å². The lowest BCUT2D eigenvalue weighted by Crippen LogP contribution is -2.16. The summed E-state index contributed by atoms with van der Waals surface area (Å²) >= 11 is 5.73. The molecule has 0 aliphatic heterocycles. The minimum atomic E-state index is -0.875. The number of carboxylic acids is 1. The SMILES string of the molecule is NCC(CC(=O)O)c1cncc(Cl)c1. The lowest BCUT2D eigenvalue weighted by atomic mass is 9.98. The van der Waals surface area contributed by atoms with Gasteiger partial charge in [0.15, 0.2) is 0 Å². The van der Waals surface area contributed by atoms with Gasteiger partial charge in [-0.15, -0.1) is 0 Å². The fourth-order valence-corrected chi connectivity index (χ4v) is 1.38. The van der Waals surface area contributed by atoms with Crippen LogP contribution in [0.15, 0.2) is 18.5 Å². The molecular formula is C9H11ClN2O2. The van der Waals surface area contributed by atoms with Gasteiger partial charge in [-0.1, -0.05) is 11.6 Å². The number of aliphatic carboxylic acids is 1. The number of hydrogen-bond acceptors (Lipinski definition) is 3. The van der Waals surface area contributed by atoms with Crippen LogP contribution in [0, 0.1) is 0 Å². The summed E-state index contributed by atoms with van der Waals surface area (Å²) in [5.74, 6) is -1.10. The van der Waals surface area contributed by atoms with Crippen molar-refractivity contribution < 1.29 is 9.90 Å². The van der Waals surface area contributed by atoms with Gasteiger partial charge in [-0.3, -0.25) is 9.78 Å². The molecule has 0 spiro atoms. The molecule has 76 valence electrons. The molecule has 0 fully saturated rings. The second kappa shape index (κ2) is 4.93. The van der Waals surface area contributed by atoms with Gasteiger partial charge in [-0.2, -0.15) is 0 Å². The molecule has 0 amide bonds. The monoisotopic (exact) mass is 214 g/mol. The van der Waals surface area contributed by atoms with Crippen molar-refractivity contribution in [3.8, 4) is 0 Å². The van der Waals surface area contributed by atoms with Crippen LogP contribution in [0.5, 0.6) is 0 Å². The molecule has 5 heteroatoms. The highest BCUT2D eigenvalue weighted by Crippen LogP contribution is 2.20. The molecule has 1 atom stereocenters. The van der Waals surface area contributed by atoms with Crippen molar-refractivity contribution in [2.45, 2.75) is 12.3 Å². The molecule has 0 aliphatic rings. The van der Waals surface area contributed by atoms with Gasteiger partial charge in [0.05, 0.1) is 11.4 Å². The van der Waals surface area contributed by atoms with E-state index in [-0.39, 0.29) is 18.9 Å². The van der Waals surface area contributed by atoms with Crippen LogP contribution in [0.2, 0.25) is 5.02 Å². The van der Waals surface area contributed by atoms with Gasteiger partial charge in [0, 0.05) is 18.3 Å².